The highest BCUT2D eigenvalue weighted by molar-refractivity contribution is 6.31. The van der Waals surface area contributed by atoms with E-state index >= 15 is 0 Å². The van der Waals surface area contributed by atoms with Crippen LogP contribution in [0.4, 0.5) is 5.69 Å². The van der Waals surface area contributed by atoms with Gasteiger partial charge in [0.2, 0.25) is 5.91 Å². The molecule has 4 nitrogen and oxygen atoms in total. The van der Waals surface area contributed by atoms with Crippen LogP contribution in [0.15, 0.2) is 18.2 Å². The van der Waals surface area contributed by atoms with Crippen LogP contribution < -0.4 is 5.32 Å². The average molecular weight is 239 g/mol. The van der Waals surface area contributed by atoms with Crippen molar-refractivity contribution >= 4 is 23.2 Å². The largest absolute Gasteiger partial charge is 0.396 e. The minimum absolute atomic E-state index is 0.0337. The summed E-state index contributed by atoms with van der Waals surface area (Å²) < 4.78 is 0. The van der Waals surface area contributed by atoms with Gasteiger partial charge in [0.25, 0.3) is 0 Å². The first-order chi connectivity index (χ1) is 7.67. The maximum absolute atomic E-state index is 11.4. The van der Waals surface area contributed by atoms with Crippen molar-refractivity contribution in [3.8, 4) is 6.07 Å². The van der Waals surface area contributed by atoms with Gasteiger partial charge in [0.15, 0.2) is 0 Å². The normalized spacial score (nSPS) is 9.56. The molecule has 0 bridgehead atoms. The number of nitriles is 1. The quantitative estimate of drug-likeness (QED) is 0.842. The van der Waals surface area contributed by atoms with Gasteiger partial charge in [-0.1, -0.05) is 11.6 Å². The molecule has 84 valence electrons. The Kier molecular flexibility index (Phi) is 4.77. The van der Waals surface area contributed by atoms with Crippen molar-refractivity contribution in [2.75, 3.05) is 11.9 Å². The van der Waals surface area contributed by atoms with E-state index in [1.807, 2.05) is 6.07 Å². The van der Waals surface area contributed by atoms with Crippen molar-refractivity contribution in [2.24, 2.45) is 0 Å². The summed E-state index contributed by atoms with van der Waals surface area (Å²) in [7, 11) is 0. The van der Waals surface area contributed by atoms with Crippen LogP contribution in [0.2, 0.25) is 5.02 Å². The molecule has 0 unspecified atom stereocenters. The lowest BCUT2D eigenvalue weighted by atomic mass is 10.2. The summed E-state index contributed by atoms with van der Waals surface area (Å²) >= 11 is 5.76. The number of hydrogen-bond donors (Lipinski definition) is 2. The maximum atomic E-state index is 11.4. The molecule has 0 heterocycles. The molecule has 1 rings (SSSR count). The third kappa shape index (κ3) is 3.54. The summed E-state index contributed by atoms with van der Waals surface area (Å²) in [5, 5.41) is 20.4. The highest BCUT2D eigenvalue weighted by Gasteiger charge is 2.07. The van der Waals surface area contributed by atoms with Crippen LogP contribution in [0.5, 0.6) is 0 Å². The Hall–Kier alpha value is -1.57. The molecule has 0 radical (unpaired) electrons. The first-order valence-electron chi connectivity index (χ1n) is 4.77. The van der Waals surface area contributed by atoms with Crippen molar-refractivity contribution in [1.29, 1.82) is 5.26 Å². The number of nitrogens with zero attached hydrogens (tertiary/aromatic N) is 1. The van der Waals surface area contributed by atoms with Crippen molar-refractivity contribution in [3.63, 3.8) is 0 Å². The van der Waals surface area contributed by atoms with Gasteiger partial charge in [-0.3, -0.25) is 4.79 Å². The molecule has 0 fully saturated rings. The molecule has 0 aliphatic heterocycles. The van der Waals surface area contributed by atoms with Gasteiger partial charge in [-0.15, -0.1) is 0 Å². The Balaban J connectivity index is 2.76. The lowest BCUT2D eigenvalue weighted by molar-refractivity contribution is -0.116. The van der Waals surface area contributed by atoms with Crippen LogP contribution in [0.1, 0.15) is 18.4 Å². The second-order valence-electron chi connectivity index (χ2n) is 3.18. The number of aliphatic hydroxyl groups is 1. The van der Waals surface area contributed by atoms with Gasteiger partial charge in [-0.2, -0.15) is 5.26 Å². The second-order valence-corrected chi connectivity index (χ2v) is 3.61. The van der Waals surface area contributed by atoms with Crippen LogP contribution in [0.25, 0.3) is 0 Å². The molecule has 5 heteroatoms. The van der Waals surface area contributed by atoms with Gasteiger partial charge in [-0.05, 0) is 24.6 Å². The molecule has 0 saturated heterocycles. The molecular weight excluding hydrogens is 228 g/mol. The van der Waals surface area contributed by atoms with E-state index in [-0.39, 0.29) is 18.9 Å². The maximum Gasteiger partial charge on any atom is 0.224 e. The molecule has 1 aromatic rings. The molecule has 0 aliphatic carbocycles. The van der Waals surface area contributed by atoms with Crippen LogP contribution in [-0.4, -0.2) is 17.6 Å². The molecule has 16 heavy (non-hydrogen) atoms. The molecule has 2 N–H and O–H groups in total. The summed E-state index contributed by atoms with van der Waals surface area (Å²) in [5.41, 5.74) is 0.764. The number of amides is 1. The highest BCUT2D eigenvalue weighted by atomic mass is 35.5. The van der Waals surface area contributed by atoms with E-state index in [0.29, 0.717) is 22.7 Å². The van der Waals surface area contributed by atoms with E-state index < -0.39 is 0 Å². The number of anilines is 1. The van der Waals surface area contributed by atoms with E-state index in [9.17, 15) is 4.79 Å². The molecule has 0 aliphatic rings. The molecular formula is C11H11ClN2O2. The number of halogens is 1. The zero-order valence-corrected chi connectivity index (χ0v) is 9.29. The molecule has 0 spiro atoms. The number of carbonyl (C=O) groups excluding carboxylic acids is 1. The first-order valence-corrected chi connectivity index (χ1v) is 5.15. The van der Waals surface area contributed by atoms with Crippen LogP contribution in [0, 0.1) is 11.3 Å². The number of hydrogen-bond acceptors (Lipinski definition) is 3. The standard InChI is InChI=1S/C11H11ClN2O2/c12-9-4-3-8(7-13)10(6-9)14-11(16)2-1-5-15/h3-4,6,15H,1-2,5H2,(H,14,16). The summed E-state index contributed by atoms with van der Waals surface area (Å²) in [4.78, 5) is 11.4. The number of aliphatic hydroxyl groups excluding tert-OH is 1. The number of carbonyl (C=O) groups is 1. The lowest BCUT2D eigenvalue weighted by Crippen LogP contribution is -2.12. The Morgan fingerprint density at radius 1 is 1.56 bits per heavy atom. The fourth-order valence-corrected chi connectivity index (χ4v) is 1.34. The predicted octanol–water partition coefficient (Wildman–Crippen LogP) is 1.92. The monoisotopic (exact) mass is 238 g/mol. The van der Waals surface area contributed by atoms with E-state index in [1.54, 1.807) is 12.1 Å². The zero-order valence-electron chi connectivity index (χ0n) is 8.53. The molecule has 0 atom stereocenters. The Labute approximate surface area is 98.5 Å². The van der Waals surface area contributed by atoms with Gasteiger partial charge < -0.3 is 10.4 Å². The van der Waals surface area contributed by atoms with Crippen molar-refractivity contribution in [3.05, 3.63) is 28.8 Å². The van der Waals surface area contributed by atoms with E-state index in [1.165, 1.54) is 6.07 Å². The third-order valence-corrected chi connectivity index (χ3v) is 2.17. The highest BCUT2D eigenvalue weighted by Crippen LogP contribution is 2.20. The lowest BCUT2D eigenvalue weighted by Gasteiger charge is -2.06. The number of nitrogens with one attached hydrogen (secondary N) is 1. The Morgan fingerprint density at radius 2 is 2.31 bits per heavy atom. The fraction of sp³-hybridized carbons (Fsp3) is 0.273. The number of rotatable bonds is 4. The van der Waals surface area contributed by atoms with Gasteiger partial charge >= 0.3 is 0 Å². The summed E-state index contributed by atoms with van der Waals surface area (Å²) in [5.74, 6) is -0.243. The average Bonchev–Trinajstić information content (AvgIpc) is 2.27. The minimum Gasteiger partial charge on any atom is -0.396 e. The fourth-order valence-electron chi connectivity index (χ4n) is 1.17. The zero-order chi connectivity index (χ0) is 12.0. The summed E-state index contributed by atoms with van der Waals surface area (Å²) in [6.07, 6.45) is 0.613. The SMILES string of the molecule is N#Cc1ccc(Cl)cc1NC(=O)CCCO. The van der Waals surface area contributed by atoms with E-state index in [4.69, 9.17) is 22.0 Å². The first kappa shape index (κ1) is 12.5. The van der Waals surface area contributed by atoms with Gasteiger partial charge in [-0.25, -0.2) is 0 Å². The summed E-state index contributed by atoms with van der Waals surface area (Å²) in [6.45, 7) is -0.0337. The van der Waals surface area contributed by atoms with E-state index in [2.05, 4.69) is 5.32 Å². The van der Waals surface area contributed by atoms with Crippen molar-refractivity contribution < 1.29 is 9.90 Å². The predicted molar refractivity (Wildman–Crippen MR) is 61.1 cm³/mol. The van der Waals surface area contributed by atoms with Crippen molar-refractivity contribution in [2.45, 2.75) is 12.8 Å². The van der Waals surface area contributed by atoms with Crippen LogP contribution in [-0.2, 0) is 4.79 Å². The van der Waals surface area contributed by atoms with Gasteiger partial charge in [0.1, 0.15) is 6.07 Å². The second kappa shape index (κ2) is 6.11. The number of benzene rings is 1. The Morgan fingerprint density at radius 3 is 2.94 bits per heavy atom. The molecule has 0 aromatic heterocycles. The summed E-state index contributed by atoms with van der Waals surface area (Å²) in [6, 6.07) is 6.62. The molecule has 1 aromatic carbocycles. The minimum atomic E-state index is -0.243. The molecule has 1 amide bonds. The van der Waals surface area contributed by atoms with Crippen molar-refractivity contribution in [1.82, 2.24) is 0 Å². The van der Waals surface area contributed by atoms with E-state index in [0.717, 1.165) is 0 Å². The van der Waals surface area contributed by atoms with Gasteiger partial charge in [0.05, 0.1) is 11.3 Å². The Bertz CT molecular complexity index is 426. The smallest absolute Gasteiger partial charge is 0.224 e. The van der Waals surface area contributed by atoms with Crippen LogP contribution in [0.3, 0.4) is 0 Å². The molecule has 0 saturated carbocycles. The van der Waals surface area contributed by atoms with Gasteiger partial charge in [0, 0.05) is 18.1 Å². The topological polar surface area (TPSA) is 73.1 Å². The third-order valence-electron chi connectivity index (χ3n) is 1.94. The van der Waals surface area contributed by atoms with Crippen LogP contribution >= 0.6 is 11.6 Å².